The second kappa shape index (κ2) is 5.43. The monoisotopic (exact) mass is 231 g/mol. The Kier molecular flexibility index (Phi) is 4.21. The molecule has 0 aliphatic heterocycles. The molecule has 17 heavy (non-hydrogen) atoms. The first-order valence-electron chi connectivity index (χ1n) is 5.48. The van der Waals surface area contributed by atoms with Crippen LogP contribution in [0, 0.1) is 0 Å². The zero-order valence-corrected chi connectivity index (χ0v) is 10.4. The van der Waals surface area contributed by atoms with Crippen molar-refractivity contribution in [3.05, 3.63) is 42.0 Å². The summed E-state index contributed by atoms with van der Waals surface area (Å²) >= 11 is 0. The van der Waals surface area contributed by atoms with Gasteiger partial charge < -0.3 is 5.32 Å². The predicted molar refractivity (Wildman–Crippen MR) is 68.4 cm³/mol. The molecular weight excluding hydrogens is 214 g/mol. The molecule has 1 rings (SSSR count). The molecule has 0 aliphatic carbocycles. The quantitative estimate of drug-likeness (QED) is 0.640. The van der Waals surface area contributed by atoms with Crippen LogP contribution in [0.3, 0.4) is 0 Å². The van der Waals surface area contributed by atoms with Crippen LogP contribution in [0.4, 0.5) is 0 Å². The summed E-state index contributed by atoms with van der Waals surface area (Å²) in [5, 5.41) is 2.62. The van der Waals surface area contributed by atoms with Gasteiger partial charge in [-0.1, -0.05) is 36.4 Å². The van der Waals surface area contributed by atoms with E-state index in [4.69, 9.17) is 0 Å². The largest absolute Gasteiger partial charge is 0.345 e. The van der Waals surface area contributed by atoms with Crippen LogP contribution in [0.5, 0.6) is 0 Å². The van der Waals surface area contributed by atoms with Crippen LogP contribution in [0.25, 0.3) is 6.08 Å². The molecule has 1 aromatic carbocycles. The molecule has 0 heterocycles. The van der Waals surface area contributed by atoms with Crippen molar-refractivity contribution in [2.75, 3.05) is 0 Å². The van der Waals surface area contributed by atoms with E-state index in [1.54, 1.807) is 6.08 Å². The Balaban J connectivity index is 2.61. The van der Waals surface area contributed by atoms with Gasteiger partial charge in [0.2, 0.25) is 5.78 Å². The summed E-state index contributed by atoms with van der Waals surface area (Å²) < 4.78 is 0. The average Bonchev–Trinajstić information content (AvgIpc) is 2.25. The number of rotatable bonds is 3. The van der Waals surface area contributed by atoms with Gasteiger partial charge in [0.25, 0.3) is 5.91 Å². The summed E-state index contributed by atoms with van der Waals surface area (Å²) in [6.07, 6.45) is 2.92. The first kappa shape index (κ1) is 13.2. The molecule has 90 valence electrons. The zero-order chi connectivity index (χ0) is 12.9. The van der Waals surface area contributed by atoms with Crippen molar-refractivity contribution in [1.29, 1.82) is 0 Å². The number of carbonyl (C=O) groups is 2. The van der Waals surface area contributed by atoms with Crippen molar-refractivity contribution in [2.45, 2.75) is 26.3 Å². The van der Waals surface area contributed by atoms with Crippen molar-refractivity contribution >= 4 is 17.8 Å². The molecule has 0 spiro atoms. The fraction of sp³-hybridized carbons (Fsp3) is 0.286. The molecule has 0 aromatic heterocycles. The maximum atomic E-state index is 11.5. The van der Waals surface area contributed by atoms with E-state index >= 15 is 0 Å². The van der Waals surface area contributed by atoms with Crippen LogP contribution in [0.15, 0.2) is 36.4 Å². The highest BCUT2D eigenvalue weighted by Crippen LogP contribution is 2.02. The highest BCUT2D eigenvalue weighted by atomic mass is 16.2. The molecule has 1 N–H and O–H groups in total. The molecule has 3 nitrogen and oxygen atoms in total. The van der Waals surface area contributed by atoms with Gasteiger partial charge in [0.05, 0.1) is 0 Å². The van der Waals surface area contributed by atoms with Gasteiger partial charge in [-0.3, -0.25) is 9.59 Å². The van der Waals surface area contributed by atoms with E-state index in [0.717, 1.165) is 5.56 Å². The minimum absolute atomic E-state index is 0.396. The number of ketones is 1. The van der Waals surface area contributed by atoms with Gasteiger partial charge in [0.15, 0.2) is 0 Å². The normalized spacial score (nSPS) is 11.5. The summed E-state index contributed by atoms with van der Waals surface area (Å²) in [6, 6.07) is 9.38. The van der Waals surface area contributed by atoms with Crippen molar-refractivity contribution in [3.8, 4) is 0 Å². The Morgan fingerprint density at radius 1 is 1.12 bits per heavy atom. The minimum Gasteiger partial charge on any atom is -0.345 e. The molecule has 1 amide bonds. The summed E-state index contributed by atoms with van der Waals surface area (Å²) in [7, 11) is 0. The first-order valence-corrected chi connectivity index (χ1v) is 5.48. The molecule has 0 fully saturated rings. The first-order chi connectivity index (χ1) is 7.88. The second-order valence-corrected chi connectivity index (χ2v) is 4.81. The van der Waals surface area contributed by atoms with Gasteiger partial charge in [-0.15, -0.1) is 0 Å². The smallest absolute Gasteiger partial charge is 0.292 e. The molecule has 0 saturated heterocycles. The summed E-state index contributed by atoms with van der Waals surface area (Å²) in [4.78, 5) is 23.0. The van der Waals surface area contributed by atoms with Gasteiger partial charge >= 0.3 is 0 Å². The molecule has 0 bridgehead atoms. The van der Waals surface area contributed by atoms with E-state index in [1.165, 1.54) is 6.08 Å². The molecular formula is C14H17NO2. The van der Waals surface area contributed by atoms with E-state index in [9.17, 15) is 9.59 Å². The lowest BCUT2D eigenvalue weighted by atomic mass is 10.1. The van der Waals surface area contributed by atoms with E-state index in [-0.39, 0.29) is 0 Å². The van der Waals surface area contributed by atoms with Gasteiger partial charge in [-0.05, 0) is 32.4 Å². The van der Waals surface area contributed by atoms with Gasteiger partial charge in [0, 0.05) is 5.54 Å². The van der Waals surface area contributed by atoms with Crippen LogP contribution < -0.4 is 5.32 Å². The van der Waals surface area contributed by atoms with E-state index in [0.29, 0.717) is 0 Å². The van der Waals surface area contributed by atoms with Gasteiger partial charge in [-0.2, -0.15) is 0 Å². The zero-order valence-electron chi connectivity index (χ0n) is 10.4. The molecule has 0 radical (unpaired) electrons. The number of benzene rings is 1. The Labute approximate surface area is 102 Å². The van der Waals surface area contributed by atoms with Crippen LogP contribution in [-0.4, -0.2) is 17.2 Å². The minimum atomic E-state index is -0.579. The number of carbonyl (C=O) groups excluding carboxylic acids is 2. The maximum Gasteiger partial charge on any atom is 0.292 e. The molecule has 0 unspecified atom stereocenters. The second-order valence-electron chi connectivity index (χ2n) is 4.81. The molecule has 1 aromatic rings. The molecule has 0 saturated carbocycles. The number of nitrogens with one attached hydrogen (secondary N) is 1. The Hall–Kier alpha value is -1.90. The van der Waals surface area contributed by atoms with Gasteiger partial charge in [0.1, 0.15) is 0 Å². The van der Waals surface area contributed by atoms with E-state index in [1.807, 2.05) is 51.1 Å². The number of amides is 1. The van der Waals surface area contributed by atoms with Gasteiger partial charge in [-0.25, -0.2) is 0 Å². The summed E-state index contributed by atoms with van der Waals surface area (Å²) in [6.45, 7) is 5.50. The summed E-state index contributed by atoms with van der Waals surface area (Å²) in [5.41, 5.74) is 0.497. The molecule has 0 aliphatic rings. The Morgan fingerprint density at radius 3 is 2.24 bits per heavy atom. The van der Waals surface area contributed by atoms with Crippen molar-refractivity contribution < 1.29 is 9.59 Å². The number of hydrogen-bond acceptors (Lipinski definition) is 2. The lowest BCUT2D eigenvalue weighted by molar-refractivity contribution is -0.136. The average molecular weight is 231 g/mol. The van der Waals surface area contributed by atoms with Crippen LogP contribution in [-0.2, 0) is 9.59 Å². The van der Waals surface area contributed by atoms with Crippen molar-refractivity contribution in [1.82, 2.24) is 5.32 Å². The number of hydrogen-bond donors (Lipinski definition) is 1. The highest BCUT2D eigenvalue weighted by Gasteiger charge is 2.17. The fourth-order valence-electron chi connectivity index (χ4n) is 1.21. The van der Waals surface area contributed by atoms with E-state index in [2.05, 4.69) is 5.32 Å². The third-order valence-electron chi connectivity index (χ3n) is 1.94. The van der Waals surface area contributed by atoms with Crippen molar-refractivity contribution in [2.24, 2.45) is 0 Å². The topological polar surface area (TPSA) is 46.2 Å². The Morgan fingerprint density at radius 2 is 1.71 bits per heavy atom. The lowest BCUT2D eigenvalue weighted by Gasteiger charge is -2.19. The van der Waals surface area contributed by atoms with Crippen LogP contribution in [0.1, 0.15) is 26.3 Å². The van der Waals surface area contributed by atoms with Crippen molar-refractivity contribution in [3.63, 3.8) is 0 Å². The summed E-state index contributed by atoms with van der Waals surface area (Å²) in [5.74, 6) is -1.12. The maximum absolute atomic E-state index is 11.5. The lowest BCUT2D eigenvalue weighted by Crippen LogP contribution is -2.43. The SMILES string of the molecule is CC(C)(C)NC(=O)C(=O)/C=C/c1ccccc1. The fourth-order valence-corrected chi connectivity index (χ4v) is 1.21. The molecule has 0 atom stereocenters. The molecule has 3 heteroatoms. The highest BCUT2D eigenvalue weighted by molar-refractivity contribution is 6.41. The predicted octanol–water partition coefficient (Wildman–Crippen LogP) is 2.18. The Bertz CT molecular complexity index is 427. The standard InChI is InChI=1S/C14H17NO2/c1-14(2,3)15-13(17)12(16)10-9-11-7-5-4-6-8-11/h4-10H,1-3H3,(H,15,17)/b10-9+. The van der Waals surface area contributed by atoms with E-state index < -0.39 is 17.2 Å². The third kappa shape index (κ3) is 5.11. The van der Waals surface area contributed by atoms with Crippen LogP contribution >= 0.6 is 0 Å². The van der Waals surface area contributed by atoms with Crippen LogP contribution in [0.2, 0.25) is 0 Å². The third-order valence-corrected chi connectivity index (χ3v) is 1.94.